The maximum absolute atomic E-state index is 6.04. The molecule has 94 valence electrons. The number of rotatable bonds is 2. The van der Waals surface area contributed by atoms with Crippen LogP contribution < -0.4 is 5.32 Å². The number of hydrogen-bond donors (Lipinski definition) is 1. The number of pyridine rings is 1. The molecule has 0 radical (unpaired) electrons. The van der Waals surface area contributed by atoms with E-state index in [-0.39, 0.29) is 0 Å². The lowest BCUT2D eigenvalue weighted by Crippen LogP contribution is -2.23. The SMILES string of the molecule is Clc1nnc(NC2CCCCC2)c2cnccc12. The van der Waals surface area contributed by atoms with Gasteiger partial charge in [-0.3, -0.25) is 4.98 Å². The van der Waals surface area contributed by atoms with Crippen LogP contribution in [0, 0.1) is 0 Å². The molecule has 0 aromatic carbocycles. The molecule has 0 aliphatic heterocycles. The minimum atomic E-state index is 0.432. The molecule has 18 heavy (non-hydrogen) atoms. The molecule has 4 nitrogen and oxygen atoms in total. The van der Waals surface area contributed by atoms with E-state index in [1.54, 1.807) is 12.4 Å². The Bertz CT molecular complexity index is 552. The van der Waals surface area contributed by atoms with Gasteiger partial charge in [-0.25, -0.2) is 0 Å². The summed E-state index contributed by atoms with van der Waals surface area (Å²) >= 11 is 6.04. The average Bonchev–Trinajstić information content (AvgIpc) is 2.44. The van der Waals surface area contributed by atoms with Gasteiger partial charge in [-0.15, -0.1) is 10.2 Å². The van der Waals surface area contributed by atoms with Gasteiger partial charge in [-0.2, -0.15) is 0 Å². The molecule has 1 aliphatic rings. The minimum absolute atomic E-state index is 0.432. The molecule has 1 saturated carbocycles. The molecule has 1 fully saturated rings. The molecule has 0 amide bonds. The summed E-state index contributed by atoms with van der Waals surface area (Å²) in [5, 5.41) is 13.9. The molecule has 1 aliphatic carbocycles. The van der Waals surface area contributed by atoms with Crippen LogP contribution in [0.5, 0.6) is 0 Å². The van der Waals surface area contributed by atoms with Crippen LogP contribution in [0.2, 0.25) is 5.15 Å². The van der Waals surface area contributed by atoms with Crippen molar-refractivity contribution in [3.63, 3.8) is 0 Å². The number of nitrogens with one attached hydrogen (secondary N) is 1. The van der Waals surface area contributed by atoms with E-state index in [2.05, 4.69) is 20.5 Å². The zero-order valence-corrected chi connectivity index (χ0v) is 10.8. The number of nitrogens with zero attached hydrogens (tertiary/aromatic N) is 3. The monoisotopic (exact) mass is 262 g/mol. The Morgan fingerprint density at radius 1 is 1.11 bits per heavy atom. The van der Waals surface area contributed by atoms with Gasteiger partial charge in [-0.1, -0.05) is 30.9 Å². The Balaban J connectivity index is 1.94. The highest BCUT2D eigenvalue weighted by atomic mass is 35.5. The third-order valence-corrected chi connectivity index (χ3v) is 3.76. The first-order chi connectivity index (χ1) is 8.84. The molecule has 0 unspecified atom stereocenters. The second-order valence-electron chi connectivity index (χ2n) is 4.74. The zero-order chi connectivity index (χ0) is 12.4. The van der Waals surface area contributed by atoms with Gasteiger partial charge >= 0.3 is 0 Å². The van der Waals surface area contributed by atoms with Gasteiger partial charge in [-0.05, 0) is 18.9 Å². The van der Waals surface area contributed by atoms with Crippen molar-refractivity contribution in [2.75, 3.05) is 5.32 Å². The molecule has 3 rings (SSSR count). The fourth-order valence-electron chi connectivity index (χ4n) is 2.51. The molecule has 0 bridgehead atoms. The number of halogens is 1. The normalized spacial score (nSPS) is 16.9. The maximum atomic E-state index is 6.04. The van der Waals surface area contributed by atoms with Crippen molar-refractivity contribution in [2.24, 2.45) is 0 Å². The number of anilines is 1. The van der Waals surface area contributed by atoms with Crippen LogP contribution in [-0.4, -0.2) is 21.2 Å². The first-order valence-electron chi connectivity index (χ1n) is 6.37. The van der Waals surface area contributed by atoms with Crippen LogP contribution in [0.1, 0.15) is 32.1 Å². The molecular formula is C13H15ClN4. The lowest BCUT2D eigenvalue weighted by molar-refractivity contribution is 0.462. The Kier molecular flexibility index (Phi) is 3.28. The third kappa shape index (κ3) is 2.25. The van der Waals surface area contributed by atoms with Gasteiger partial charge in [0.15, 0.2) is 11.0 Å². The number of aromatic nitrogens is 3. The lowest BCUT2D eigenvalue weighted by Gasteiger charge is -2.23. The van der Waals surface area contributed by atoms with Gasteiger partial charge in [0.25, 0.3) is 0 Å². The van der Waals surface area contributed by atoms with Gasteiger partial charge in [0.1, 0.15) is 0 Å². The minimum Gasteiger partial charge on any atom is -0.365 e. The molecule has 0 atom stereocenters. The van der Waals surface area contributed by atoms with E-state index in [0.29, 0.717) is 11.2 Å². The fraction of sp³-hybridized carbons (Fsp3) is 0.462. The predicted molar refractivity (Wildman–Crippen MR) is 72.8 cm³/mol. The molecule has 2 aromatic heterocycles. The summed E-state index contributed by atoms with van der Waals surface area (Å²) in [6.45, 7) is 0. The zero-order valence-electron chi connectivity index (χ0n) is 10.1. The van der Waals surface area contributed by atoms with Crippen molar-refractivity contribution < 1.29 is 0 Å². The Labute approximate surface area is 111 Å². The summed E-state index contributed by atoms with van der Waals surface area (Å²) in [4.78, 5) is 4.14. The Morgan fingerprint density at radius 2 is 1.94 bits per heavy atom. The molecule has 1 N–H and O–H groups in total. The average molecular weight is 263 g/mol. The van der Waals surface area contributed by atoms with E-state index < -0.39 is 0 Å². The highest BCUT2D eigenvalue weighted by molar-refractivity contribution is 6.34. The quantitative estimate of drug-likeness (QED) is 0.901. The smallest absolute Gasteiger partial charge is 0.159 e. The first kappa shape index (κ1) is 11.7. The first-order valence-corrected chi connectivity index (χ1v) is 6.75. The summed E-state index contributed by atoms with van der Waals surface area (Å²) in [5.74, 6) is 0.800. The van der Waals surface area contributed by atoms with Gasteiger partial charge in [0.2, 0.25) is 0 Å². The molecular weight excluding hydrogens is 248 g/mol. The van der Waals surface area contributed by atoms with E-state index in [0.717, 1.165) is 16.6 Å². The summed E-state index contributed by atoms with van der Waals surface area (Å²) < 4.78 is 0. The summed E-state index contributed by atoms with van der Waals surface area (Å²) in [6.07, 6.45) is 9.83. The van der Waals surface area contributed by atoms with Crippen LogP contribution in [0.3, 0.4) is 0 Å². The largest absolute Gasteiger partial charge is 0.365 e. The van der Waals surface area contributed by atoms with Crippen molar-refractivity contribution in [3.8, 4) is 0 Å². The van der Waals surface area contributed by atoms with Crippen molar-refractivity contribution in [1.29, 1.82) is 0 Å². The molecule has 5 heteroatoms. The van der Waals surface area contributed by atoms with Gasteiger partial charge < -0.3 is 5.32 Å². The maximum Gasteiger partial charge on any atom is 0.159 e. The van der Waals surface area contributed by atoms with Gasteiger partial charge in [0, 0.05) is 29.2 Å². The standard InChI is InChI=1S/C13H15ClN4/c14-12-10-6-7-15-8-11(10)13(18-17-12)16-9-4-2-1-3-5-9/h6-9H,1-5H2,(H,16,18). The fourth-order valence-corrected chi connectivity index (χ4v) is 2.71. The van der Waals surface area contributed by atoms with Crippen molar-refractivity contribution >= 4 is 28.2 Å². The summed E-state index contributed by atoms with van der Waals surface area (Å²) in [7, 11) is 0. The summed E-state index contributed by atoms with van der Waals surface area (Å²) in [6, 6.07) is 2.37. The topological polar surface area (TPSA) is 50.7 Å². The van der Waals surface area contributed by atoms with Crippen molar-refractivity contribution in [1.82, 2.24) is 15.2 Å². The van der Waals surface area contributed by atoms with Crippen molar-refractivity contribution in [3.05, 3.63) is 23.6 Å². The Morgan fingerprint density at radius 3 is 2.78 bits per heavy atom. The van der Waals surface area contributed by atoms with Crippen LogP contribution in [0.15, 0.2) is 18.5 Å². The molecule has 0 saturated heterocycles. The summed E-state index contributed by atoms with van der Waals surface area (Å²) in [5.41, 5.74) is 0. The third-order valence-electron chi connectivity index (χ3n) is 3.48. The lowest BCUT2D eigenvalue weighted by atomic mass is 9.95. The predicted octanol–water partition coefficient (Wildman–Crippen LogP) is 3.42. The van der Waals surface area contributed by atoms with Crippen LogP contribution in [0.4, 0.5) is 5.82 Å². The molecule has 2 heterocycles. The van der Waals surface area contributed by atoms with Crippen LogP contribution >= 0.6 is 11.6 Å². The van der Waals surface area contributed by atoms with E-state index in [9.17, 15) is 0 Å². The number of fused-ring (bicyclic) bond motifs is 1. The highest BCUT2D eigenvalue weighted by Crippen LogP contribution is 2.27. The molecule has 2 aromatic rings. The second-order valence-corrected chi connectivity index (χ2v) is 5.10. The van der Waals surface area contributed by atoms with E-state index >= 15 is 0 Å². The van der Waals surface area contributed by atoms with Crippen LogP contribution in [0.25, 0.3) is 10.8 Å². The van der Waals surface area contributed by atoms with E-state index in [4.69, 9.17) is 11.6 Å². The number of hydrogen-bond acceptors (Lipinski definition) is 4. The van der Waals surface area contributed by atoms with E-state index in [1.807, 2.05) is 6.07 Å². The van der Waals surface area contributed by atoms with Crippen LogP contribution in [-0.2, 0) is 0 Å². The highest BCUT2D eigenvalue weighted by Gasteiger charge is 2.15. The second kappa shape index (κ2) is 5.06. The van der Waals surface area contributed by atoms with Crippen molar-refractivity contribution in [2.45, 2.75) is 38.1 Å². The molecule has 0 spiro atoms. The van der Waals surface area contributed by atoms with E-state index in [1.165, 1.54) is 32.1 Å². The Hall–Kier alpha value is -1.42. The van der Waals surface area contributed by atoms with Gasteiger partial charge in [0.05, 0.1) is 0 Å².